The summed E-state index contributed by atoms with van der Waals surface area (Å²) in [4.78, 5) is 1.16. The van der Waals surface area contributed by atoms with Crippen LogP contribution in [0, 0.1) is 6.92 Å². The van der Waals surface area contributed by atoms with Gasteiger partial charge in [-0.3, -0.25) is 0 Å². The van der Waals surface area contributed by atoms with E-state index in [0.717, 1.165) is 36.1 Å². The Morgan fingerprint density at radius 2 is 1.53 bits per heavy atom. The van der Waals surface area contributed by atoms with Gasteiger partial charge in [-0.15, -0.1) is 0 Å². The maximum absolute atomic E-state index is 6.60. The topological polar surface area (TPSA) is 46.2 Å². The molecule has 2 aliphatic rings. The van der Waals surface area contributed by atoms with Crippen LogP contribution in [0.15, 0.2) is 59.5 Å². The second-order valence-corrected chi connectivity index (χ2v) is 10.2. The van der Waals surface area contributed by atoms with Gasteiger partial charge in [-0.2, -0.15) is 0 Å². The van der Waals surface area contributed by atoms with Crippen LogP contribution >= 0.6 is 11.8 Å². The van der Waals surface area contributed by atoms with Crippen molar-refractivity contribution in [3.8, 4) is 0 Å². The van der Waals surface area contributed by atoms with Crippen molar-refractivity contribution in [1.82, 2.24) is 0 Å². The third-order valence-electron chi connectivity index (χ3n) is 6.25. The van der Waals surface area contributed by atoms with E-state index in [-0.39, 0.29) is 29.9 Å². The lowest BCUT2D eigenvalue weighted by molar-refractivity contribution is -0.327. The van der Waals surface area contributed by atoms with E-state index >= 15 is 0 Å². The van der Waals surface area contributed by atoms with E-state index in [1.165, 1.54) is 5.56 Å². The molecule has 6 heteroatoms. The fourth-order valence-electron chi connectivity index (χ4n) is 4.27. The van der Waals surface area contributed by atoms with Gasteiger partial charge in [-0.25, -0.2) is 0 Å². The van der Waals surface area contributed by atoms with Gasteiger partial charge >= 0.3 is 0 Å². The monoisotopic (exact) mass is 486 g/mol. The summed E-state index contributed by atoms with van der Waals surface area (Å²) in [6.07, 6.45) is 2.83. The Bertz CT molecular complexity index is 846. The molecule has 186 valence electrons. The molecule has 0 amide bonds. The fraction of sp³-hybridized carbons (Fsp3) is 0.571. The minimum atomic E-state index is -0.430. The molecule has 34 heavy (non-hydrogen) atoms. The predicted molar refractivity (Wildman–Crippen MR) is 135 cm³/mol. The highest BCUT2D eigenvalue weighted by Crippen LogP contribution is 2.41. The van der Waals surface area contributed by atoms with Gasteiger partial charge < -0.3 is 23.7 Å². The number of hydrogen-bond acceptors (Lipinski definition) is 6. The molecule has 2 heterocycles. The van der Waals surface area contributed by atoms with E-state index in [1.54, 1.807) is 11.8 Å². The van der Waals surface area contributed by atoms with Crippen molar-refractivity contribution in [3.63, 3.8) is 0 Å². The molecule has 0 N–H and O–H groups in total. The van der Waals surface area contributed by atoms with Gasteiger partial charge in [0.2, 0.25) is 0 Å². The number of hydrogen-bond donors (Lipinski definition) is 0. The summed E-state index contributed by atoms with van der Waals surface area (Å²) in [5.74, 6) is 0. The Hall–Kier alpha value is -1.41. The average Bonchev–Trinajstić information content (AvgIpc) is 2.87. The SMILES string of the molecule is CCCCO[C@H]1[C@@H]2OC(c3ccccc3)OCC2OC(Sc2ccc(C)cc2)[C@H]1OCCCC. The van der Waals surface area contributed by atoms with Crippen LogP contribution in [0.25, 0.3) is 0 Å². The summed E-state index contributed by atoms with van der Waals surface area (Å²) < 4.78 is 32.2. The smallest absolute Gasteiger partial charge is 0.184 e. The number of aryl methyl sites for hydroxylation is 1. The van der Waals surface area contributed by atoms with Gasteiger partial charge in [0, 0.05) is 23.7 Å². The Balaban J connectivity index is 1.57. The first-order chi connectivity index (χ1) is 16.7. The highest BCUT2D eigenvalue weighted by molar-refractivity contribution is 7.99. The van der Waals surface area contributed by atoms with Crippen LogP contribution in [0.1, 0.15) is 56.9 Å². The molecule has 2 aromatic carbocycles. The van der Waals surface area contributed by atoms with E-state index in [9.17, 15) is 0 Å². The van der Waals surface area contributed by atoms with Crippen LogP contribution in [0.3, 0.4) is 0 Å². The summed E-state index contributed by atoms with van der Waals surface area (Å²) in [5.41, 5.74) is 2.05. The molecule has 3 unspecified atom stereocenters. The number of unbranched alkanes of at least 4 members (excludes halogenated alkanes) is 2. The maximum atomic E-state index is 6.60. The van der Waals surface area contributed by atoms with Crippen molar-refractivity contribution in [3.05, 3.63) is 65.7 Å². The lowest BCUT2D eigenvalue weighted by atomic mass is 9.98. The molecule has 0 aliphatic carbocycles. The normalized spacial score (nSPS) is 29.0. The van der Waals surface area contributed by atoms with Crippen LogP contribution in [0.5, 0.6) is 0 Å². The molecule has 6 atom stereocenters. The van der Waals surface area contributed by atoms with Gasteiger partial charge in [-0.05, 0) is 31.9 Å². The zero-order chi connectivity index (χ0) is 23.8. The zero-order valence-electron chi connectivity index (χ0n) is 20.6. The molecule has 0 saturated carbocycles. The Labute approximate surface area is 208 Å². The quantitative estimate of drug-likeness (QED) is 0.348. The number of benzene rings is 2. The molecule has 0 radical (unpaired) electrons. The standard InChI is InChI=1S/C28H38O5S/c1-4-6-17-29-25-24-23(19-31-27(33-24)21-11-9-8-10-12-21)32-28(26(25)30-18-7-5-2)34-22-15-13-20(3)14-16-22/h8-16,23-28H,4-7,17-19H2,1-3H3/t23?,24-,25+,26+,27?,28?/m1/s1. The first-order valence-electron chi connectivity index (χ1n) is 12.6. The van der Waals surface area contributed by atoms with Gasteiger partial charge in [0.05, 0.1) is 6.61 Å². The predicted octanol–water partition coefficient (Wildman–Crippen LogP) is 6.30. The van der Waals surface area contributed by atoms with Gasteiger partial charge in [0.25, 0.3) is 0 Å². The van der Waals surface area contributed by atoms with E-state index in [1.807, 2.05) is 30.3 Å². The Morgan fingerprint density at radius 3 is 2.21 bits per heavy atom. The molecule has 2 aliphatic heterocycles. The number of ether oxygens (including phenoxy) is 5. The largest absolute Gasteiger partial charge is 0.373 e. The molecule has 4 rings (SSSR count). The van der Waals surface area contributed by atoms with Crippen LogP contribution in [0.2, 0.25) is 0 Å². The van der Waals surface area contributed by atoms with Crippen molar-refractivity contribution in [2.75, 3.05) is 19.8 Å². The van der Waals surface area contributed by atoms with E-state index in [0.29, 0.717) is 19.8 Å². The van der Waals surface area contributed by atoms with E-state index in [2.05, 4.69) is 45.0 Å². The molecule has 5 nitrogen and oxygen atoms in total. The molecule has 2 fully saturated rings. The first kappa shape index (κ1) is 25.7. The summed E-state index contributed by atoms with van der Waals surface area (Å²) in [6.45, 7) is 8.28. The van der Waals surface area contributed by atoms with Gasteiger partial charge in [0.1, 0.15) is 29.9 Å². The highest BCUT2D eigenvalue weighted by atomic mass is 32.2. The highest BCUT2D eigenvalue weighted by Gasteiger charge is 2.51. The van der Waals surface area contributed by atoms with Crippen LogP contribution in [-0.2, 0) is 23.7 Å². The zero-order valence-corrected chi connectivity index (χ0v) is 21.4. The summed E-state index contributed by atoms with van der Waals surface area (Å²) in [6, 6.07) is 18.6. The second kappa shape index (κ2) is 13.1. The van der Waals surface area contributed by atoms with E-state index < -0.39 is 6.29 Å². The van der Waals surface area contributed by atoms with Crippen LogP contribution < -0.4 is 0 Å². The van der Waals surface area contributed by atoms with Crippen molar-refractivity contribution in [1.29, 1.82) is 0 Å². The summed E-state index contributed by atoms with van der Waals surface area (Å²) >= 11 is 1.70. The van der Waals surface area contributed by atoms with Gasteiger partial charge in [-0.1, -0.05) is 86.5 Å². The van der Waals surface area contributed by atoms with Crippen LogP contribution in [-0.4, -0.2) is 49.7 Å². The second-order valence-electron chi connectivity index (χ2n) is 9.03. The number of thioether (sulfide) groups is 1. The maximum Gasteiger partial charge on any atom is 0.184 e. The fourth-order valence-corrected chi connectivity index (χ4v) is 5.39. The number of rotatable bonds is 11. The first-order valence-corrected chi connectivity index (χ1v) is 13.5. The van der Waals surface area contributed by atoms with Crippen molar-refractivity contribution in [2.24, 2.45) is 0 Å². The van der Waals surface area contributed by atoms with Gasteiger partial charge in [0.15, 0.2) is 6.29 Å². The third kappa shape index (κ3) is 6.62. The molecule has 2 saturated heterocycles. The van der Waals surface area contributed by atoms with Crippen LogP contribution in [0.4, 0.5) is 0 Å². The average molecular weight is 487 g/mol. The minimum absolute atomic E-state index is 0.201. The molecule has 0 bridgehead atoms. The van der Waals surface area contributed by atoms with Crippen molar-refractivity contribution in [2.45, 2.75) is 87.5 Å². The molecule has 2 aromatic rings. The molecule has 0 aromatic heterocycles. The summed E-state index contributed by atoms with van der Waals surface area (Å²) in [7, 11) is 0. The van der Waals surface area contributed by atoms with E-state index in [4.69, 9.17) is 23.7 Å². The Morgan fingerprint density at radius 1 is 0.853 bits per heavy atom. The summed E-state index contributed by atoms with van der Waals surface area (Å²) in [5, 5.41) is 0. The third-order valence-corrected chi connectivity index (χ3v) is 7.40. The molecular weight excluding hydrogens is 448 g/mol. The molecule has 0 spiro atoms. The minimum Gasteiger partial charge on any atom is -0.373 e. The lowest BCUT2D eigenvalue weighted by Gasteiger charge is -2.49. The lowest BCUT2D eigenvalue weighted by Crippen LogP contribution is -2.62. The van der Waals surface area contributed by atoms with Crippen molar-refractivity contribution < 1.29 is 23.7 Å². The number of fused-ring (bicyclic) bond motifs is 1. The Kier molecular flexibility index (Phi) is 9.86. The molecular formula is C28H38O5S. The van der Waals surface area contributed by atoms with Crippen molar-refractivity contribution >= 4 is 11.8 Å².